The number of amides is 4. The van der Waals surface area contributed by atoms with Crippen molar-refractivity contribution in [2.24, 2.45) is 22.9 Å². The number of carbonyl (C=O) groups is 4. The van der Waals surface area contributed by atoms with Gasteiger partial charge in [0.1, 0.15) is 80.6 Å². The van der Waals surface area contributed by atoms with Gasteiger partial charge < -0.3 is 49.3 Å². The number of aromatic hydroxyl groups is 1. The predicted octanol–water partition coefficient (Wildman–Crippen LogP) is -12.4. The summed E-state index contributed by atoms with van der Waals surface area (Å²) in [6, 6.07) is -0.0799. The van der Waals surface area contributed by atoms with Crippen molar-refractivity contribution < 1.29 is 24.3 Å². The first-order valence-corrected chi connectivity index (χ1v) is 18.6. The van der Waals surface area contributed by atoms with Crippen molar-refractivity contribution in [2.75, 3.05) is 6.54 Å². The fourth-order valence-corrected chi connectivity index (χ4v) is 6.78. The zero-order chi connectivity index (χ0) is 41.3. The van der Waals surface area contributed by atoms with Crippen LogP contribution in [0, 0.1) is 19.3 Å². The van der Waals surface area contributed by atoms with E-state index in [2.05, 4.69) is 29.1 Å². The van der Waals surface area contributed by atoms with Gasteiger partial charge in [-0.15, -0.1) is 16.4 Å². The second-order valence-corrected chi connectivity index (χ2v) is 15.8. The minimum absolute atomic E-state index is 0.0379. The summed E-state index contributed by atoms with van der Waals surface area (Å²) in [5.74, 6) is -2.67. The lowest BCUT2D eigenvalue weighted by Crippen LogP contribution is -2.66. The molecule has 2 aromatic carbocycles. The largest absolute Gasteiger partial charge is 0.508 e. The van der Waals surface area contributed by atoms with Gasteiger partial charge in [-0.25, -0.2) is 0 Å². The zero-order valence-electron chi connectivity index (χ0n) is 33.9. The van der Waals surface area contributed by atoms with Gasteiger partial charge in [-0.3, -0.25) is 24.6 Å². The van der Waals surface area contributed by atoms with Crippen LogP contribution in [-0.2, 0) is 32.0 Å². The van der Waals surface area contributed by atoms with Gasteiger partial charge in [0, 0.05) is 19.4 Å². The van der Waals surface area contributed by atoms with E-state index in [9.17, 15) is 24.3 Å². The summed E-state index contributed by atoms with van der Waals surface area (Å²) < 4.78 is 0. The van der Waals surface area contributed by atoms with Crippen LogP contribution in [0.2, 0.25) is 0 Å². The first-order chi connectivity index (χ1) is 24.9. The van der Waals surface area contributed by atoms with E-state index < -0.39 is 52.5 Å². The van der Waals surface area contributed by atoms with E-state index in [0.717, 1.165) is 38.4 Å². The van der Waals surface area contributed by atoms with Crippen molar-refractivity contribution in [3.8, 4) is 5.75 Å². The molecule has 4 atom stereocenters. The molecule has 0 radical (unpaired) electrons. The number of nitrogens with one attached hydrogen (secondary N) is 5. The highest BCUT2D eigenvalue weighted by molar-refractivity contribution is 6.67. The van der Waals surface area contributed by atoms with E-state index in [1.54, 1.807) is 33.8 Å². The van der Waals surface area contributed by atoms with Crippen LogP contribution in [0.15, 0.2) is 12.1 Å². The molecule has 0 aliphatic heterocycles. The number of phenolic OH excluding ortho intramolecular Hbond substituents is 1. The highest BCUT2D eigenvalue weighted by Crippen LogP contribution is 2.23. The molecule has 0 unspecified atom stereocenters. The van der Waals surface area contributed by atoms with Crippen LogP contribution in [0.4, 0.5) is 0 Å². The number of benzene rings is 2. The number of guanidine groups is 1. The molecule has 2 rings (SSSR count). The third-order valence-corrected chi connectivity index (χ3v) is 10.7. The topological polar surface area (TPSA) is 265 Å². The van der Waals surface area contributed by atoms with Crippen molar-refractivity contribution >= 4 is 120 Å². The van der Waals surface area contributed by atoms with Crippen molar-refractivity contribution in [3.05, 3.63) is 34.4 Å². The van der Waals surface area contributed by atoms with Gasteiger partial charge >= 0.3 is 0 Å². The third kappa shape index (κ3) is 13.0. The normalized spacial score (nSPS) is 14.1. The monoisotopic (exact) mass is 736 g/mol. The minimum Gasteiger partial charge on any atom is -0.508 e. The molecule has 0 bridgehead atoms. The maximum Gasteiger partial charge on any atom is 0.243 e. The number of carbonyl (C=O) groups excluding carboxylic acids is 4. The van der Waals surface area contributed by atoms with Crippen LogP contribution >= 0.6 is 0 Å². The fourth-order valence-electron chi connectivity index (χ4n) is 6.78. The molecule has 0 aliphatic rings. The van der Waals surface area contributed by atoms with E-state index in [1.165, 1.54) is 0 Å². The lowest BCUT2D eigenvalue weighted by Gasteiger charge is -2.34. The Labute approximate surface area is 327 Å². The van der Waals surface area contributed by atoms with Crippen molar-refractivity contribution in [1.82, 2.24) is 21.3 Å². The minimum atomic E-state index is -1.55. The Kier molecular flexibility index (Phi) is 16.5. The SMILES string of the molecule is Bc1c(B)c(B)c(C[C@H](NC(=O)[C@](B)(CCCC(B)(B)N)NC(=O)[C@H](Cc2c(C)cc(O)cc2C)NC(=O)[C@H](N)CCCNC(=N)N)C(N)=O)c(B)c1B. The summed E-state index contributed by atoms with van der Waals surface area (Å²) in [6.07, 6.45) is 2.05. The summed E-state index contributed by atoms with van der Waals surface area (Å²) in [4.78, 5) is 55.0. The van der Waals surface area contributed by atoms with E-state index >= 15 is 0 Å². The van der Waals surface area contributed by atoms with Crippen LogP contribution in [0.3, 0.4) is 0 Å². The molecule has 0 aromatic heterocycles. The molecule has 2 aromatic rings. The third-order valence-electron chi connectivity index (χ3n) is 10.7. The molecule has 0 aliphatic carbocycles. The molecule has 14 nitrogen and oxygen atoms in total. The Morgan fingerprint density at radius 2 is 1.31 bits per heavy atom. The summed E-state index contributed by atoms with van der Waals surface area (Å²) in [5, 5.41) is 28.2. The number of primary amides is 1. The molecule has 14 N–H and O–H groups in total. The molecule has 4 amide bonds. The quantitative estimate of drug-likeness (QED) is 0.0284. The van der Waals surface area contributed by atoms with Gasteiger partial charge in [0.2, 0.25) is 23.6 Å². The van der Waals surface area contributed by atoms with Crippen LogP contribution in [-0.4, -0.2) is 133 Å². The first kappa shape index (κ1) is 46.0. The maximum atomic E-state index is 14.4. The number of nitrogens with two attached hydrogens (primary N) is 4. The molecule has 0 heterocycles. The van der Waals surface area contributed by atoms with Crippen molar-refractivity contribution in [3.63, 3.8) is 0 Å². The summed E-state index contributed by atoms with van der Waals surface area (Å²) >= 11 is 0. The van der Waals surface area contributed by atoms with Crippen LogP contribution in [0.25, 0.3) is 0 Å². The second kappa shape index (κ2) is 19.4. The van der Waals surface area contributed by atoms with Gasteiger partial charge in [-0.05, 0) is 67.3 Å². The lowest BCUT2D eigenvalue weighted by atomic mass is 9.59. The molecule has 0 fully saturated rings. The smallest absolute Gasteiger partial charge is 0.243 e. The average molecular weight is 734 g/mol. The van der Waals surface area contributed by atoms with Crippen LogP contribution < -0.4 is 71.5 Å². The van der Waals surface area contributed by atoms with Gasteiger partial charge in [0.25, 0.3) is 0 Å². The Morgan fingerprint density at radius 3 is 1.81 bits per heavy atom. The van der Waals surface area contributed by atoms with E-state index in [0.29, 0.717) is 36.9 Å². The lowest BCUT2D eigenvalue weighted by molar-refractivity contribution is -0.135. The Bertz CT molecular complexity index is 1690. The Balaban J connectivity index is 2.51. The van der Waals surface area contributed by atoms with Gasteiger partial charge in [0.15, 0.2) is 5.96 Å². The molecule has 22 heteroatoms. The van der Waals surface area contributed by atoms with E-state index in [-0.39, 0.29) is 37.4 Å². The van der Waals surface area contributed by atoms with E-state index in [4.69, 9.17) is 28.3 Å². The standard InChI is InChI=1S/C32H57B8N9O5/c1-13-9-15(50)10-14(2)16(13)11-20(47-27(52)18(41)5-3-8-46-30(43)44)28(53)49-31(38,6-4-7-32(39,40)45)29(54)48-19(26(42)51)12-17-21(33)23(35)25(37)24(36)22(17)34/h9-10,18-20,50H,3-8,11-12,33-41,45H2,1-2H3,(H2,42,51)(H,47,52)(H,48,54)(H,49,53)(H4,43,44,46)/t18-,19+,20+,31+/m1/s1. The molecule has 0 saturated carbocycles. The van der Waals surface area contributed by atoms with Gasteiger partial charge in [-0.2, -0.15) is 0 Å². The summed E-state index contributed by atoms with van der Waals surface area (Å²) in [6.45, 7) is 3.93. The number of hydrogen-bond donors (Lipinski definition) is 10. The molecule has 54 heavy (non-hydrogen) atoms. The zero-order valence-corrected chi connectivity index (χ0v) is 33.9. The number of phenols is 1. The number of hydrogen-bond acceptors (Lipinski definition) is 8. The van der Waals surface area contributed by atoms with Crippen molar-refractivity contribution in [1.29, 1.82) is 5.41 Å². The second-order valence-electron chi connectivity index (χ2n) is 15.8. The molecular weight excluding hydrogens is 677 g/mol. The maximum absolute atomic E-state index is 14.4. The predicted molar refractivity (Wildman–Crippen MR) is 240 cm³/mol. The number of rotatable bonds is 19. The fraction of sp³-hybridized carbons (Fsp3) is 0.469. The molecule has 0 spiro atoms. The van der Waals surface area contributed by atoms with Crippen LogP contribution in [0.1, 0.15) is 54.4 Å². The Morgan fingerprint density at radius 1 is 0.796 bits per heavy atom. The highest BCUT2D eigenvalue weighted by atomic mass is 16.3. The summed E-state index contributed by atoms with van der Waals surface area (Å²) in [5.41, 5.74) is 30.7. The molecule has 0 saturated heterocycles. The average Bonchev–Trinajstić information content (AvgIpc) is 3.05. The Hall–Kier alpha value is -4.17. The van der Waals surface area contributed by atoms with Gasteiger partial charge in [-0.1, -0.05) is 29.3 Å². The van der Waals surface area contributed by atoms with Crippen LogP contribution in [0.5, 0.6) is 5.75 Å². The number of aryl methyl sites for hydroxylation is 2. The van der Waals surface area contributed by atoms with E-state index in [1.807, 2.05) is 47.1 Å². The molecular formula is C32H57B8N9O5. The first-order valence-electron chi connectivity index (χ1n) is 18.6. The highest BCUT2D eigenvalue weighted by Gasteiger charge is 2.39. The van der Waals surface area contributed by atoms with Gasteiger partial charge in [0.05, 0.1) is 11.5 Å². The molecule has 284 valence electrons. The summed E-state index contributed by atoms with van der Waals surface area (Å²) in [7, 11) is 15.4. The van der Waals surface area contributed by atoms with Crippen molar-refractivity contribution in [2.45, 2.75) is 87.7 Å².